The van der Waals surface area contributed by atoms with Crippen LogP contribution < -0.4 is 0 Å². The predicted octanol–water partition coefficient (Wildman–Crippen LogP) is 0.868. The van der Waals surface area contributed by atoms with Crippen LogP contribution in [0.2, 0.25) is 0 Å². The Balaban J connectivity index is 1.76. The molecule has 27 heavy (non-hydrogen) atoms. The van der Waals surface area contributed by atoms with Crippen LogP contribution >= 0.6 is 0 Å². The van der Waals surface area contributed by atoms with E-state index in [-0.39, 0.29) is 6.61 Å². The largest absolute Gasteiger partial charge is 0.450 e. The SMILES string of the molecule is O=C(O[C@@H]1[C@@H](OCc2ccccc2)[C@H](O)[C@@H](CO)O[C@@H]1O)c1ccccc1. The molecular weight excluding hydrogens is 352 g/mol. The van der Waals surface area contributed by atoms with Crippen molar-refractivity contribution in [1.82, 2.24) is 0 Å². The second-order valence-corrected chi connectivity index (χ2v) is 6.24. The molecule has 0 aliphatic carbocycles. The summed E-state index contributed by atoms with van der Waals surface area (Å²) in [5.74, 6) is -0.675. The summed E-state index contributed by atoms with van der Waals surface area (Å²) in [5, 5.41) is 30.1. The van der Waals surface area contributed by atoms with E-state index in [0.717, 1.165) is 5.56 Å². The number of carbonyl (C=O) groups is 1. The van der Waals surface area contributed by atoms with E-state index in [0.29, 0.717) is 5.56 Å². The van der Waals surface area contributed by atoms with Crippen molar-refractivity contribution in [3.63, 3.8) is 0 Å². The van der Waals surface area contributed by atoms with E-state index < -0.39 is 43.3 Å². The molecule has 1 heterocycles. The van der Waals surface area contributed by atoms with Crippen LogP contribution in [0.15, 0.2) is 60.7 Å². The minimum atomic E-state index is -1.54. The highest BCUT2D eigenvalue weighted by atomic mass is 16.7. The van der Waals surface area contributed by atoms with Gasteiger partial charge >= 0.3 is 5.97 Å². The second kappa shape index (κ2) is 9.07. The smallest absolute Gasteiger partial charge is 0.338 e. The first kappa shape index (κ1) is 19.5. The number of hydrogen-bond donors (Lipinski definition) is 3. The first-order chi connectivity index (χ1) is 13.1. The molecule has 2 aromatic rings. The monoisotopic (exact) mass is 374 g/mol. The van der Waals surface area contributed by atoms with Gasteiger partial charge in [-0.05, 0) is 17.7 Å². The standard InChI is InChI=1S/C20H22O7/c21-11-15-16(22)17(25-12-13-7-3-1-4-8-13)18(20(24)26-15)27-19(23)14-9-5-2-6-10-14/h1-10,15-18,20-22,24H,11-12H2/t15-,16-,17+,18-,20+/m1/s1. The molecule has 144 valence electrons. The zero-order chi connectivity index (χ0) is 19.2. The summed E-state index contributed by atoms with van der Waals surface area (Å²) in [6, 6.07) is 17.5. The molecule has 1 fully saturated rings. The first-order valence-electron chi connectivity index (χ1n) is 8.64. The maximum Gasteiger partial charge on any atom is 0.338 e. The third kappa shape index (κ3) is 4.71. The molecule has 2 aromatic carbocycles. The molecule has 7 heteroatoms. The number of aliphatic hydroxyl groups excluding tert-OH is 3. The zero-order valence-electron chi connectivity index (χ0n) is 14.5. The Bertz CT molecular complexity index is 722. The van der Waals surface area contributed by atoms with Crippen molar-refractivity contribution in [2.24, 2.45) is 0 Å². The molecule has 0 bridgehead atoms. The van der Waals surface area contributed by atoms with E-state index >= 15 is 0 Å². The summed E-state index contributed by atoms with van der Waals surface area (Å²) in [4.78, 5) is 12.4. The molecule has 0 radical (unpaired) electrons. The molecule has 0 aromatic heterocycles. The lowest BCUT2D eigenvalue weighted by Crippen LogP contribution is -2.60. The number of carbonyl (C=O) groups excluding carboxylic acids is 1. The molecule has 0 unspecified atom stereocenters. The Hall–Kier alpha value is -2.29. The molecule has 5 atom stereocenters. The Kier molecular flexibility index (Phi) is 6.54. The minimum Gasteiger partial charge on any atom is -0.450 e. The highest BCUT2D eigenvalue weighted by Crippen LogP contribution is 2.26. The van der Waals surface area contributed by atoms with Gasteiger partial charge in [-0.1, -0.05) is 48.5 Å². The van der Waals surface area contributed by atoms with Crippen LogP contribution in [0.25, 0.3) is 0 Å². The normalized spacial score (nSPS) is 27.9. The van der Waals surface area contributed by atoms with E-state index in [4.69, 9.17) is 14.2 Å². The molecule has 3 rings (SSSR count). The highest BCUT2D eigenvalue weighted by molar-refractivity contribution is 5.89. The van der Waals surface area contributed by atoms with Gasteiger partial charge in [-0.3, -0.25) is 0 Å². The van der Waals surface area contributed by atoms with Crippen LogP contribution in [0.1, 0.15) is 15.9 Å². The number of benzene rings is 2. The van der Waals surface area contributed by atoms with E-state index in [1.165, 1.54) is 0 Å². The lowest BCUT2D eigenvalue weighted by atomic mass is 9.98. The number of esters is 1. The summed E-state index contributed by atoms with van der Waals surface area (Å²) >= 11 is 0. The van der Waals surface area contributed by atoms with Crippen LogP contribution in [0, 0.1) is 0 Å². The van der Waals surface area contributed by atoms with E-state index in [2.05, 4.69) is 0 Å². The van der Waals surface area contributed by atoms with E-state index in [9.17, 15) is 20.1 Å². The average molecular weight is 374 g/mol. The molecule has 0 spiro atoms. The highest BCUT2D eigenvalue weighted by Gasteiger charge is 2.47. The third-order valence-corrected chi connectivity index (χ3v) is 4.35. The van der Waals surface area contributed by atoms with Crippen molar-refractivity contribution in [2.45, 2.75) is 37.3 Å². The van der Waals surface area contributed by atoms with Gasteiger partial charge in [0.15, 0.2) is 12.4 Å². The van der Waals surface area contributed by atoms with Crippen molar-refractivity contribution in [2.75, 3.05) is 6.61 Å². The summed E-state index contributed by atoms with van der Waals surface area (Å²) < 4.78 is 16.3. The fraction of sp³-hybridized carbons (Fsp3) is 0.350. The minimum absolute atomic E-state index is 0.132. The van der Waals surface area contributed by atoms with Gasteiger partial charge in [0.25, 0.3) is 0 Å². The lowest BCUT2D eigenvalue weighted by Gasteiger charge is -2.41. The fourth-order valence-corrected chi connectivity index (χ4v) is 2.91. The van der Waals surface area contributed by atoms with Gasteiger partial charge < -0.3 is 29.5 Å². The zero-order valence-corrected chi connectivity index (χ0v) is 14.5. The van der Waals surface area contributed by atoms with Crippen LogP contribution in [0.4, 0.5) is 0 Å². The van der Waals surface area contributed by atoms with Crippen molar-refractivity contribution < 1.29 is 34.3 Å². The molecule has 7 nitrogen and oxygen atoms in total. The Morgan fingerprint density at radius 3 is 2.22 bits per heavy atom. The van der Waals surface area contributed by atoms with Gasteiger partial charge in [-0.25, -0.2) is 4.79 Å². The van der Waals surface area contributed by atoms with Crippen LogP contribution in [-0.4, -0.2) is 58.6 Å². The number of rotatable bonds is 6. The van der Waals surface area contributed by atoms with Gasteiger partial charge in [0, 0.05) is 0 Å². The van der Waals surface area contributed by atoms with Gasteiger partial charge in [0.2, 0.25) is 0 Å². The summed E-state index contributed by atoms with van der Waals surface area (Å²) in [6.45, 7) is -0.379. The van der Waals surface area contributed by atoms with E-state index in [1.54, 1.807) is 30.3 Å². The number of ether oxygens (including phenoxy) is 3. The first-order valence-corrected chi connectivity index (χ1v) is 8.64. The van der Waals surface area contributed by atoms with E-state index in [1.807, 2.05) is 30.3 Å². The molecule has 1 aliphatic heterocycles. The number of aliphatic hydroxyl groups is 3. The fourth-order valence-electron chi connectivity index (χ4n) is 2.91. The summed E-state index contributed by atoms with van der Waals surface area (Å²) in [5.41, 5.74) is 1.14. The number of hydrogen-bond acceptors (Lipinski definition) is 7. The molecular formula is C20H22O7. The van der Waals surface area contributed by atoms with Crippen molar-refractivity contribution in [3.05, 3.63) is 71.8 Å². The maximum atomic E-state index is 12.4. The molecule has 1 aliphatic rings. The third-order valence-electron chi connectivity index (χ3n) is 4.35. The van der Waals surface area contributed by atoms with Crippen LogP contribution in [0.5, 0.6) is 0 Å². The van der Waals surface area contributed by atoms with Gasteiger partial charge in [-0.2, -0.15) is 0 Å². The van der Waals surface area contributed by atoms with Crippen molar-refractivity contribution >= 4 is 5.97 Å². The Morgan fingerprint density at radius 1 is 0.963 bits per heavy atom. The second-order valence-electron chi connectivity index (χ2n) is 6.24. The Labute approximate surface area is 156 Å². The van der Waals surface area contributed by atoms with Crippen molar-refractivity contribution in [3.8, 4) is 0 Å². The molecule has 0 amide bonds. The topological polar surface area (TPSA) is 105 Å². The van der Waals surface area contributed by atoms with Crippen molar-refractivity contribution in [1.29, 1.82) is 0 Å². The lowest BCUT2D eigenvalue weighted by molar-refractivity contribution is -0.295. The van der Waals surface area contributed by atoms with Crippen LogP contribution in [-0.2, 0) is 20.8 Å². The average Bonchev–Trinajstić information content (AvgIpc) is 2.71. The Morgan fingerprint density at radius 2 is 1.59 bits per heavy atom. The summed E-state index contributed by atoms with van der Waals surface area (Å²) in [6.07, 6.45) is -6.19. The molecule has 3 N–H and O–H groups in total. The molecule has 1 saturated heterocycles. The maximum absolute atomic E-state index is 12.4. The van der Waals surface area contributed by atoms with Gasteiger partial charge in [0.1, 0.15) is 18.3 Å². The van der Waals surface area contributed by atoms with Crippen LogP contribution in [0.3, 0.4) is 0 Å². The quantitative estimate of drug-likeness (QED) is 0.644. The predicted molar refractivity (Wildman–Crippen MR) is 94.6 cm³/mol. The summed E-state index contributed by atoms with van der Waals surface area (Å²) in [7, 11) is 0. The van der Waals surface area contributed by atoms with Gasteiger partial charge in [0.05, 0.1) is 18.8 Å². The van der Waals surface area contributed by atoms with Gasteiger partial charge in [-0.15, -0.1) is 0 Å². The molecule has 0 saturated carbocycles.